The molecule has 0 radical (unpaired) electrons. The van der Waals surface area contributed by atoms with Crippen LogP contribution >= 0.6 is 0 Å². The van der Waals surface area contributed by atoms with Crippen LogP contribution < -0.4 is 14.8 Å². The monoisotopic (exact) mass is 363 g/mol. The van der Waals surface area contributed by atoms with Crippen molar-refractivity contribution in [3.8, 4) is 11.5 Å². The lowest BCUT2D eigenvalue weighted by Gasteiger charge is -2.30. The molecule has 2 aromatic rings. The van der Waals surface area contributed by atoms with Crippen LogP contribution in [0.25, 0.3) is 5.57 Å². The zero-order valence-corrected chi connectivity index (χ0v) is 16.5. The van der Waals surface area contributed by atoms with Crippen molar-refractivity contribution in [2.24, 2.45) is 0 Å². The van der Waals surface area contributed by atoms with E-state index < -0.39 is 11.5 Å². The van der Waals surface area contributed by atoms with Crippen LogP contribution in [0.2, 0.25) is 0 Å². The number of carbonyl (C=O) groups is 1. The lowest BCUT2D eigenvalue weighted by molar-refractivity contribution is -0.119. The van der Waals surface area contributed by atoms with Gasteiger partial charge in [0.1, 0.15) is 23.0 Å². The van der Waals surface area contributed by atoms with Crippen molar-refractivity contribution in [3.63, 3.8) is 0 Å². The molecule has 2 aliphatic rings. The van der Waals surface area contributed by atoms with Gasteiger partial charge in [-0.05, 0) is 41.7 Å². The fourth-order valence-electron chi connectivity index (χ4n) is 4.09. The standard InChI is InChI=1S/C23H25NO3/c1-13-16-12-14(22(2,3)4)10-11-17(16)27-23(13,5)19-15-8-7-9-18(26-6)20(15)24-21(19)25/h7-12,19H,1H2,2-6H3,(H,24,25)/t19-,23+/m1/s1. The second-order valence-corrected chi connectivity index (χ2v) is 8.50. The van der Waals surface area contributed by atoms with Crippen LogP contribution in [-0.4, -0.2) is 18.6 Å². The number of ether oxygens (including phenoxy) is 2. The maximum absolute atomic E-state index is 12.9. The number of hydrogen-bond donors (Lipinski definition) is 1. The maximum atomic E-state index is 12.9. The molecular formula is C23H25NO3. The average Bonchev–Trinajstić information content (AvgIpc) is 3.08. The van der Waals surface area contributed by atoms with Crippen molar-refractivity contribution in [1.29, 1.82) is 0 Å². The van der Waals surface area contributed by atoms with E-state index in [1.54, 1.807) is 7.11 Å². The molecule has 0 aromatic heterocycles. The van der Waals surface area contributed by atoms with E-state index in [0.29, 0.717) is 5.75 Å². The Bertz CT molecular complexity index is 970. The first-order chi connectivity index (χ1) is 12.7. The Hall–Kier alpha value is -2.75. The quantitative estimate of drug-likeness (QED) is 0.826. The smallest absolute Gasteiger partial charge is 0.236 e. The summed E-state index contributed by atoms with van der Waals surface area (Å²) in [6.07, 6.45) is 0. The van der Waals surface area contributed by atoms with Crippen molar-refractivity contribution in [2.75, 3.05) is 12.4 Å². The van der Waals surface area contributed by atoms with Gasteiger partial charge in [0.2, 0.25) is 5.91 Å². The van der Waals surface area contributed by atoms with Gasteiger partial charge in [0.15, 0.2) is 0 Å². The lowest BCUT2D eigenvalue weighted by Crippen LogP contribution is -2.40. The first kappa shape index (κ1) is 17.7. The zero-order valence-electron chi connectivity index (χ0n) is 16.5. The van der Waals surface area contributed by atoms with Gasteiger partial charge >= 0.3 is 0 Å². The number of nitrogens with one attached hydrogen (secondary N) is 1. The highest BCUT2D eigenvalue weighted by Gasteiger charge is 2.53. The molecule has 2 aromatic carbocycles. The number of benzene rings is 2. The van der Waals surface area contributed by atoms with Crippen molar-refractivity contribution < 1.29 is 14.3 Å². The number of para-hydroxylation sites is 1. The first-order valence-corrected chi connectivity index (χ1v) is 9.18. The number of fused-ring (bicyclic) bond motifs is 2. The van der Waals surface area contributed by atoms with Crippen LogP contribution in [0.15, 0.2) is 43.0 Å². The predicted octanol–water partition coefficient (Wildman–Crippen LogP) is 4.89. The van der Waals surface area contributed by atoms with Crippen LogP contribution in [0, 0.1) is 0 Å². The molecule has 0 unspecified atom stereocenters. The molecule has 4 heteroatoms. The molecule has 4 nitrogen and oxygen atoms in total. The zero-order chi connectivity index (χ0) is 19.6. The highest BCUT2D eigenvalue weighted by atomic mass is 16.5. The Morgan fingerprint density at radius 3 is 2.63 bits per heavy atom. The Balaban J connectivity index is 1.80. The third kappa shape index (κ3) is 2.47. The van der Waals surface area contributed by atoms with Gasteiger partial charge in [-0.25, -0.2) is 0 Å². The molecule has 140 valence electrons. The number of carbonyl (C=O) groups excluding carboxylic acids is 1. The van der Waals surface area contributed by atoms with E-state index in [1.807, 2.05) is 31.2 Å². The summed E-state index contributed by atoms with van der Waals surface area (Å²) in [6.45, 7) is 12.8. The molecule has 0 saturated heterocycles. The summed E-state index contributed by atoms with van der Waals surface area (Å²) >= 11 is 0. The third-order valence-corrected chi connectivity index (χ3v) is 5.74. The molecule has 1 amide bonds. The lowest BCUT2D eigenvalue weighted by atomic mass is 9.77. The van der Waals surface area contributed by atoms with Gasteiger partial charge in [0.25, 0.3) is 0 Å². The summed E-state index contributed by atoms with van der Waals surface area (Å²) in [4.78, 5) is 12.9. The number of amides is 1. The van der Waals surface area contributed by atoms with Gasteiger partial charge in [-0.3, -0.25) is 4.79 Å². The Morgan fingerprint density at radius 1 is 1.22 bits per heavy atom. The molecule has 0 bridgehead atoms. The summed E-state index contributed by atoms with van der Waals surface area (Å²) in [5.74, 6) is 0.852. The normalized spacial score (nSPS) is 23.5. The van der Waals surface area contributed by atoms with E-state index >= 15 is 0 Å². The van der Waals surface area contributed by atoms with Crippen molar-refractivity contribution in [3.05, 3.63) is 59.7 Å². The maximum Gasteiger partial charge on any atom is 0.236 e. The van der Waals surface area contributed by atoms with Crippen LogP contribution in [-0.2, 0) is 10.2 Å². The van der Waals surface area contributed by atoms with Gasteiger partial charge in [0.05, 0.1) is 12.8 Å². The highest BCUT2D eigenvalue weighted by molar-refractivity contribution is 6.07. The number of anilines is 1. The van der Waals surface area contributed by atoms with Gasteiger partial charge in [-0.15, -0.1) is 0 Å². The summed E-state index contributed by atoms with van der Waals surface area (Å²) in [6, 6.07) is 11.9. The SMILES string of the molecule is C=C1c2cc(C(C)(C)C)ccc2O[C@]1(C)[C@H]1C(=O)Nc2c(OC)cccc21. The summed E-state index contributed by atoms with van der Waals surface area (Å²) in [5, 5.41) is 2.97. The molecular weight excluding hydrogens is 338 g/mol. The second-order valence-electron chi connectivity index (χ2n) is 8.50. The van der Waals surface area contributed by atoms with Crippen molar-refractivity contribution in [2.45, 2.75) is 44.6 Å². The van der Waals surface area contributed by atoms with Crippen LogP contribution in [0.3, 0.4) is 0 Å². The van der Waals surface area contributed by atoms with E-state index in [1.165, 1.54) is 5.56 Å². The minimum Gasteiger partial charge on any atom is -0.495 e. The molecule has 1 N–H and O–H groups in total. The molecule has 2 atom stereocenters. The fourth-order valence-corrected chi connectivity index (χ4v) is 4.09. The minimum atomic E-state index is -0.847. The molecule has 2 heterocycles. The van der Waals surface area contributed by atoms with Gasteiger partial charge in [0, 0.05) is 11.1 Å². The van der Waals surface area contributed by atoms with Gasteiger partial charge < -0.3 is 14.8 Å². The van der Waals surface area contributed by atoms with Crippen LogP contribution in [0.1, 0.15) is 50.3 Å². The second kappa shape index (κ2) is 5.62. The topological polar surface area (TPSA) is 47.6 Å². The van der Waals surface area contributed by atoms with E-state index in [0.717, 1.165) is 28.1 Å². The fraction of sp³-hybridized carbons (Fsp3) is 0.348. The molecule has 0 fully saturated rings. The van der Waals surface area contributed by atoms with Crippen molar-refractivity contribution in [1.82, 2.24) is 0 Å². The van der Waals surface area contributed by atoms with Crippen LogP contribution in [0.4, 0.5) is 5.69 Å². The minimum absolute atomic E-state index is 0.0268. The summed E-state index contributed by atoms with van der Waals surface area (Å²) in [5.41, 5.74) is 3.81. The van der Waals surface area contributed by atoms with E-state index in [9.17, 15) is 4.79 Å². The summed E-state index contributed by atoms with van der Waals surface area (Å²) < 4.78 is 11.8. The predicted molar refractivity (Wildman–Crippen MR) is 108 cm³/mol. The molecule has 0 spiro atoms. The molecule has 2 aliphatic heterocycles. The van der Waals surface area contributed by atoms with Crippen molar-refractivity contribution >= 4 is 17.2 Å². The van der Waals surface area contributed by atoms with Gasteiger partial charge in [-0.1, -0.05) is 45.5 Å². The molecule has 0 aliphatic carbocycles. The first-order valence-electron chi connectivity index (χ1n) is 9.18. The average molecular weight is 363 g/mol. The Kier molecular flexibility index (Phi) is 3.68. The van der Waals surface area contributed by atoms with E-state index in [2.05, 4.69) is 44.8 Å². The Morgan fingerprint density at radius 2 is 1.96 bits per heavy atom. The van der Waals surface area contributed by atoms with Crippen LogP contribution in [0.5, 0.6) is 11.5 Å². The molecule has 4 rings (SSSR count). The molecule has 0 saturated carbocycles. The summed E-state index contributed by atoms with van der Waals surface area (Å²) in [7, 11) is 1.60. The van der Waals surface area contributed by atoms with Gasteiger partial charge in [-0.2, -0.15) is 0 Å². The van der Waals surface area contributed by atoms with E-state index in [-0.39, 0.29) is 11.3 Å². The largest absolute Gasteiger partial charge is 0.495 e. The highest BCUT2D eigenvalue weighted by Crippen LogP contribution is 2.54. The Labute approximate surface area is 160 Å². The number of rotatable bonds is 2. The number of methoxy groups -OCH3 is 1. The molecule has 27 heavy (non-hydrogen) atoms. The van der Waals surface area contributed by atoms with E-state index in [4.69, 9.17) is 9.47 Å². The number of hydrogen-bond acceptors (Lipinski definition) is 3. The third-order valence-electron chi connectivity index (χ3n) is 5.74.